The normalized spacial score (nSPS) is 19.9. The van der Waals surface area contributed by atoms with E-state index in [1.807, 2.05) is 6.07 Å². The summed E-state index contributed by atoms with van der Waals surface area (Å²) in [5.74, 6) is 0. The monoisotopic (exact) mass is 300 g/mol. The van der Waals surface area contributed by atoms with Crippen LogP contribution in [0.5, 0.6) is 0 Å². The highest BCUT2D eigenvalue weighted by Gasteiger charge is 2.52. The van der Waals surface area contributed by atoms with Crippen molar-refractivity contribution in [2.75, 3.05) is 0 Å². The van der Waals surface area contributed by atoms with Crippen molar-refractivity contribution in [1.29, 1.82) is 0 Å². The second-order valence-corrected chi connectivity index (χ2v) is 7.55. The summed E-state index contributed by atoms with van der Waals surface area (Å²) in [5, 5.41) is 2.20. The highest BCUT2D eigenvalue weighted by atomic mass is 32.1. The molecule has 2 aromatic rings. The predicted molar refractivity (Wildman–Crippen MR) is 89.3 cm³/mol. The molecule has 21 heavy (non-hydrogen) atoms. The van der Waals surface area contributed by atoms with Crippen LogP contribution in [0.4, 0.5) is 0 Å². The third kappa shape index (κ3) is 2.93. The fourth-order valence-electron chi connectivity index (χ4n) is 2.40. The molecule has 0 unspecified atom stereocenters. The summed E-state index contributed by atoms with van der Waals surface area (Å²) < 4.78 is 13.4. The van der Waals surface area contributed by atoms with Gasteiger partial charge in [0.1, 0.15) is 0 Å². The van der Waals surface area contributed by atoms with Gasteiger partial charge < -0.3 is 9.31 Å². The quantitative estimate of drug-likeness (QED) is 0.806. The van der Waals surface area contributed by atoms with E-state index in [0.717, 1.165) is 11.2 Å². The van der Waals surface area contributed by atoms with E-state index in [-0.39, 0.29) is 18.3 Å². The smallest absolute Gasteiger partial charge is 0.399 e. The van der Waals surface area contributed by atoms with Crippen LogP contribution >= 0.6 is 11.3 Å². The molecular formula is C17H21BO2S. The molecule has 1 aliphatic rings. The Bertz CT molecular complexity index is 603. The molecule has 1 fully saturated rings. The van der Waals surface area contributed by atoms with Gasteiger partial charge in [-0.3, -0.25) is 0 Å². The second-order valence-electron chi connectivity index (χ2n) is 6.61. The van der Waals surface area contributed by atoms with Gasteiger partial charge in [-0.15, -0.1) is 0 Å². The molecule has 0 radical (unpaired) electrons. The summed E-state index contributed by atoms with van der Waals surface area (Å²) >= 11 is 1.72. The molecule has 0 aliphatic carbocycles. The number of thiophene rings is 1. The Balaban J connectivity index is 1.74. The van der Waals surface area contributed by atoms with Gasteiger partial charge in [-0.2, -0.15) is 11.3 Å². The van der Waals surface area contributed by atoms with Gasteiger partial charge >= 0.3 is 7.12 Å². The van der Waals surface area contributed by atoms with Crippen LogP contribution in [-0.2, 0) is 15.7 Å². The van der Waals surface area contributed by atoms with Crippen LogP contribution in [0.2, 0.25) is 0 Å². The molecule has 0 atom stereocenters. The summed E-state index contributed by atoms with van der Waals surface area (Å²) in [5.41, 5.74) is 2.09. The largest absolute Gasteiger partial charge is 0.505 e. The standard InChI is InChI=1S/C17H21BO2S/c1-16(2)17(3,4)20-18(19-16)15-11-14(12-21-15)10-13-8-6-5-7-9-13/h5-9,11-12H,10H2,1-4H3. The minimum atomic E-state index is -0.277. The van der Waals surface area contributed by atoms with Gasteiger partial charge in [-0.05, 0) is 56.7 Å². The minimum absolute atomic E-state index is 0.246. The molecule has 1 saturated heterocycles. The zero-order valence-electron chi connectivity index (χ0n) is 13.1. The molecule has 1 aromatic heterocycles. The van der Waals surface area contributed by atoms with Crippen LogP contribution in [0, 0.1) is 0 Å². The lowest BCUT2D eigenvalue weighted by molar-refractivity contribution is 0.00578. The average Bonchev–Trinajstić information content (AvgIpc) is 2.94. The van der Waals surface area contributed by atoms with Gasteiger partial charge in [0.15, 0.2) is 0 Å². The summed E-state index contributed by atoms with van der Waals surface area (Å²) in [6, 6.07) is 12.7. The third-order valence-corrected chi connectivity index (χ3v) is 5.41. The summed E-state index contributed by atoms with van der Waals surface area (Å²) in [6.07, 6.45) is 0.955. The van der Waals surface area contributed by atoms with Crippen molar-refractivity contribution in [2.24, 2.45) is 0 Å². The maximum atomic E-state index is 6.10. The highest BCUT2D eigenvalue weighted by molar-refractivity contribution is 7.20. The van der Waals surface area contributed by atoms with Crippen LogP contribution < -0.4 is 4.78 Å². The van der Waals surface area contributed by atoms with E-state index < -0.39 is 0 Å². The van der Waals surface area contributed by atoms with Crippen molar-refractivity contribution in [3.05, 3.63) is 52.9 Å². The first-order valence-electron chi connectivity index (χ1n) is 7.34. The van der Waals surface area contributed by atoms with Gasteiger partial charge in [0.2, 0.25) is 0 Å². The second kappa shape index (κ2) is 5.27. The lowest BCUT2D eigenvalue weighted by atomic mass is 9.87. The van der Waals surface area contributed by atoms with Crippen LogP contribution in [0.25, 0.3) is 0 Å². The molecule has 0 N–H and O–H groups in total. The Morgan fingerprint density at radius 3 is 2.19 bits per heavy atom. The maximum Gasteiger partial charge on any atom is 0.505 e. The van der Waals surface area contributed by atoms with E-state index in [2.05, 4.69) is 63.4 Å². The Kier molecular flexibility index (Phi) is 3.72. The Morgan fingerprint density at radius 2 is 1.57 bits per heavy atom. The summed E-state index contributed by atoms with van der Waals surface area (Å²) in [4.78, 5) is 0. The van der Waals surface area contributed by atoms with Crippen molar-refractivity contribution < 1.29 is 9.31 Å². The lowest BCUT2D eigenvalue weighted by Crippen LogP contribution is -2.41. The van der Waals surface area contributed by atoms with Crippen molar-refractivity contribution in [2.45, 2.75) is 45.3 Å². The maximum absolute atomic E-state index is 6.10. The molecule has 2 heterocycles. The van der Waals surface area contributed by atoms with Crippen LogP contribution in [0.3, 0.4) is 0 Å². The first-order chi connectivity index (χ1) is 9.87. The third-order valence-electron chi connectivity index (χ3n) is 4.41. The zero-order valence-corrected chi connectivity index (χ0v) is 13.9. The van der Waals surface area contributed by atoms with E-state index in [0.29, 0.717) is 0 Å². The van der Waals surface area contributed by atoms with Crippen molar-refractivity contribution >= 4 is 23.2 Å². The Morgan fingerprint density at radius 1 is 0.952 bits per heavy atom. The van der Waals surface area contributed by atoms with E-state index in [9.17, 15) is 0 Å². The fourth-order valence-corrected chi connectivity index (χ4v) is 3.27. The number of hydrogen-bond donors (Lipinski definition) is 0. The van der Waals surface area contributed by atoms with Gasteiger partial charge in [-0.1, -0.05) is 30.3 Å². The van der Waals surface area contributed by atoms with E-state index in [1.54, 1.807) is 11.3 Å². The Hall–Kier alpha value is -1.10. The van der Waals surface area contributed by atoms with E-state index in [1.165, 1.54) is 11.1 Å². The van der Waals surface area contributed by atoms with Crippen molar-refractivity contribution in [3.63, 3.8) is 0 Å². The van der Waals surface area contributed by atoms with Crippen LogP contribution in [-0.4, -0.2) is 18.3 Å². The highest BCUT2D eigenvalue weighted by Crippen LogP contribution is 2.36. The zero-order chi connectivity index (χ0) is 15.1. The molecule has 1 aliphatic heterocycles. The molecule has 0 saturated carbocycles. The van der Waals surface area contributed by atoms with Gasteiger partial charge in [-0.25, -0.2) is 0 Å². The summed E-state index contributed by atoms with van der Waals surface area (Å²) in [7, 11) is -0.246. The van der Waals surface area contributed by atoms with E-state index >= 15 is 0 Å². The topological polar surface area (TPSA) is 18.5 Å². The number of hydrogen-bond acceptors (Lipinski definition) is 3. The SMILES string of the molecule is CC1(C)OB(c2cc(Cc3ccccc3)cs2)OC1(C)C. The molecule has 2 nitrogen and oxygen atoms in total. The van der Waals surface area contributed by atoms with Crippen LogP contribution in [0.1, 0.15) is 38.8 Å². The van der Waals surface area contributed by atoms with Crippen molar-refractivity contribution in [1.82, 2.24) is 0 Å². The molecule has 110 valence electrons. The first-order valence-corrected chi connectivity index (χ1v) is 8.22. The van der Waals surface area contributed by atoms with Crippen molar-refractivity contribution in [3.8, 4) is 0 Å². The van der Waals surface area contributed by atoms with Gasteiger partial charge in [0, 0.05) is 4.78 Å². The molecule has 0 amide bonds. The number of rotatable bonds is 3. The molecule has 1 aromatic carbocycles. The van der Waals surface area contributed by atoms with Crippen LogP contribution in [0.15, 0.2) is 41.8 Å². The predicted octanol–water partition coefficient (Wildman–Crippen LogP) is 3.64. The average molecular weight is 300 g/mol. The Labute approximate surface area is 131 Å². The number of benzene rings is 1. The molecule has 0 spiro atoms. The molecular weight excluding hydrogens is 279 g/mol. The van der Waals surface area contributed by atoms with Gasteiger partial charge in [0.25, 0.3) is 0 Å². The lowest BCUT2D eigenvalue weighted by Gasteiger charge is -2.32. The minimum Gasteiger partial charge on any atom is -0.399 e. The first kappa shape index (κ1) is 14.8. The fraction of sp³-hybridized carbons (Fsp3) is 0.412. The van der Waals surface area contributed by atoms with Gasteiger partial charge in [0.05, 0.1) is 11.2 Å². The molecule has 4 heteroatoms. The molecule has 0 bridgehead atoms. The summed E-state index contributed by atoms with van der Waals surface area (Å²) in [6.45, 7) is 8.36. The van der Waals surface area contributed by atoms with E-state index in [4.69, 9.17) is 9.31 Å². The molecule has 3 rings (SSSR count).